The molecular formula is C30H36FN9O. The van der Waals surface area contributed by atoms with E-state index in [0.29, 0.717) is 35.6 Å². The summed E-state index contributed by atoms with van der Waals surface area (Å²) < 4.78 is 19.1. The maximum atomic E-state index is 13.5. The molecule has 2 aromatic heterocycles. The standard InChI is InChI=1S/C30H36FN9O/c1-30(2)17-40(24-12-11-22(35-27(24)30)19-7-9-20(31)10-8-19)29-34-18-33-28(37-29)36-23-15-21(32)25(16-26(23)41-6)39(5)14-13-38(3)4/h7-12,15-16,18H,13-14,17,32H2,1-6H3,(H,33,34,36,37). The lowest BCUT2D eigenvalue weighted by molar-refractivity contribution is 0.413. The monoisotopic (exact) mass is 557 g/mol. The molecule has 0 aliphatic carbocycles. The van der Waals surface area contributed by atoms with Crippen LogP contribution in [0.5, 0.6) is 5.75 Å². The third-order valence-electron chi connectivity index (χ3n) is 7.19. The van der Waals surface area contributed by atoms with Gasteiger partial charge in [0.25, 0.3) is 0 Å². The van der Waals surface area contributed by atoms with Gasteiger partial charge in [-0.15, -0.1) is 0 Å². The van der Waals surface area contributed by atoms with Crippen LogP contribution in [-0.4, -0.2) is 72.7 Å². The first-order chi connectivity index (χ1) is 19.6. The number of nitrogen functional groups attached to an aromatic ring is 1. The number of aromatic nitrogens is 4. The number of anilines is 6. The molecule has 214 valence electrons. The molecule has 1 aliphatic heterocycles. The molecule has 0 atom stereocenters. The molecule has 0 unspecified atom stereocenters. The fourth-order valence-electron chi connectivity index (χ4n) is 4.93. The summed E-state index contributed by atoms with van der Waals surface area (Å²) in [4.78, 5) is 24.8. The number of pyridine rings is 1. The Labute approximate surface area is 240 Å². The van der Waals surface area contributed by atoms with Gasteiger partial charge in [0, 0.05) is 43.7 Å². The Morgan fingerprint density at radius 3 is 2.49 bits per heavy atom. The van der Waals surface area contributed by atoms with Crippen LogP contribution in [-0.2, 0) is 5.41 Å². The summed E-state index contributed by atoms with van der Waals surface area (Å²) in [5.41, 5.74) is 11.8. The summed E-state index contributed by atoms with van der Waals surface area (Å²) in [6.45, 7) is 6.62. The van der Waals surface area contributed by atoms with E-state index in [1.807, 2.05) is 50.3 Å². The first kappa shape index (κ1) is 28.0. The van der Waals surface area contributed by atoms with Crippen molar-refractivity contribution in [3.8, 4) is 17.0 Å². The first-order valence-electron chi connectivity index (χ1n) is 13.4. The van der Waals surface area contributed by atoms with Gasteiger partial charge in [-0.3, -0.25) is 4.98 Å². The van der Waals surface area contributed by atoms with Crippen LogP contribution in [0.1, 0.15) is 19.5 Å². The number of ether oxygens (including phenoxy) is 1. The molecule has 5 rings (SSSR count). The summed E-state index contributed by atoms with van der Waals surface area (Å²) in [5.74, 6) is 1.21. The predicted molar refractivity (Wildman–Crippen MR) is 162 cm³/mol. The molecule has 4 aromatic rings. The lowest BCUT2D eigenvalue weighted by atomic mass is 9.91. The molecule has 0 radical (unpaired) electrons. The molecule has 0 bridgehead atoms. The molecule has 41 heavy (non-hydrogen) atoms. The van der Waals surface area contributed by atoms with Gasteiger partial charge >= 0.3 is 0 Å². The van der Waals surface area contributed by atoms with Gasteiger partial charge in [-0.1, -0.05) is 13.8 Å². The molecule has 0 saturated carbocycles. The van der Waals surface area contributed by atoms with Crippen LogP contribution in [0.4, 0.5) is 39.0 Å². The quantitative estimate of drug-likeness (QED) is 0.278. The Hall–Kier alpha value is -4.51. The predicted octanol–water partition coefficient (Wildman–Crippen LogP) is 4.83. The number of hydrogen-bond donors (Lipinski definition) is 2. The van der Waals surface area contributed by atoms with Crippen molar-refractivity contribution in [3.05, 3.63) is 66.4 Å². The second kappa shape index (κ2) is 11.2. The molecule has 1 aliphatic rings. The molecule has 0 fully saturated rings. The number of hydrogen-bond acceptors (Lipinski definition) is 10. The van der Waals surface area contributed by atoms with Gasteiger partial charge in [0.05, 0.1) is 41.2 Å². The minimum absolute atomic E-state index is 0.266. The summed E-state index contributed by atoms with van der Waals surface area (Å²) in [5, 5.41) is 3.26. The lowest BCUT2D eigenvalue weighted by Crippen LogP contribution is -2.29. The van der Waals surface area contributed by atoms with Crippen molar-refractivity contribution in [3.63, 3.8) is 0 Å². The van der Waals surface area contributed by atoms with E-state index in [1.54, 1.807) is 19.2 Å². The highest BCUT2D eigenvalue weighted by atomic mass is 19.1. The summed E-state index contributed by atoms with van der Waals surface area (Å²) in [6.07, 6.45) is 1.48. The van der Waals surface area contributed by atoms with E-state index >= 15 is 0 Å². The van der Waals surface area contributed by atoms with Crippen LogP contribution >= 0.6 is 0 Å². The van der Waals surface area contributed by atoms with Gasteiger partial charge in [-0.05, 0) is 56.6 Å². The average Bonchev–Trinajstić information content (AvgIpc) is 3.22. The highest BCUT2D eigenvalue weighted by Crippen LogP contribution is 2.43. The summed E-state index contributed by atoms with van der Waals surface area (Å²) in [6, 6.07) is 14.1. The number of nitrogens with two attached hydrogens (primary N) is 1. The van der Waals surface area contributed by atoms with E-state index in [1.165, 1.54) is 18.5 Å². The molecule has 11 heteroatoms. The number of fused-ring (bicyclic) bond motifs is 1. The summed E-state index contributed by atoms with van der Waals surface area (Å²) in [7, 11) is 7.71. The minimum Gasteiger partial charge on any atom is -0.494 e. The zero-order chi connectivity index (χ0) is 29.3. The zero-order valence-electron chi connectivity index (χ0n) is 24.3. The Morgan fingerprint density at radius 1 is 1.02 bits per heavy atom. The van der Waals surface area contributed by atoms with Crippen LogP contribution in [0.3, 0.4) is 0 Å². The molecule has 3 N–H and O–H groups in total. The minimum atomic E-state index is -0.274. The zero-order valence-corrected chi connectivity index (χ0v) is 24.3. The van der Waals surface area contributed by atoms with Crippen molar-refractivity contribution in [2.24, 2.45) is 0 Å². The van der Waals surface area contributed by atoms with Crippen molar-refractivity contribution >= 4 is 34.6 Å². The Kier molecular flexibility index (Phi) is 7.63. The van der Waals surface area contributed by atoms with Crippen LogP contribution in [0.2, 0.25) is 0 Å². The fourth-order valence-corrected chi connectivity index (χ4v) is 4.93. The first-order valence-corrected chi connectivity index (χ1v) is 13.4. The van der Waals surface area contributed by atoms with Crippen molar-refractivity contribution in [2.45, 2.75) is 19.3 Å². The van der Waals surface area contributed by atoms with Crippen molar-refractivity contribution < 1.29 is 9.13 Å². The Morgan fingerprint density at radius 2 is 1.78 bits per heavy atom. The largest absolute Gasteiger partial charge is 0.494 e. The molecule has 0 spiro atoms. The Bertz CT molecular complexity index is 1540. The third-order valence-corrected chi connectivity index (χ3v) is 7.19. The van der Waals surface area contributed by atoms with Crippen LogP contribution in [0.25, 0.3) is 11.3 Å². The number of likely N-dealkylation sites (N-methyl/N-ethyl adjacent to an activating group) is 2. The highest BCUT2D eigenvalue weighted by Gasteiger charge is 2.39. The maximum Gasteiger partial charge on any atom is 0.234 e. The number of benzene rings is 2. The van der Waals surface area contributed by atoms with Crippen molar-refractivity contribution in [1.82, 2.24) is 24.8 Å². The molecule has 10 nitrogen and oxygen atoms in total. The lowest BCUT2D eigenvalue weighted by Gasteiger charge is -2.24. The number of nitrogens with zero attached hydrogens (tertiary/aromatic N) is 7. The fraction of sp³-hybridized carbons (Fsp3) is 0.333. The summed E-state index contributed by atoms with van der Waals surface area (Å²) >= 11 is 0. The number of halogens is 1. The topological polar surface area (TPSA) is 109 Å². The van der Waals surface area contributed by atoms with Crippen LogP contribution < -0.4 is 25.6 Å². The highest BCUT2D eigenvalue weighted by molar-refractivity contribution is 5.79. The van der Waals surface area contributed by atoms with E-state index in [0.717, 1.165) is 41.4 Å². The van der Waals surface area contributed by atoms with Gasteiger partial charge in [-0.25, -0.2) is 14.4 Å². The van der Waals surface area contributed by atoms with Crippen molar-refractivity contribution in [1.29, 1.82) is 0 Å². The molecule has 0 saturated heterocycles. The smallest absolute Gasteiger partial charge is 0.234 e. The van der Waals surface area contributed by atoms with E-state index in [2.05, 4.69) is 38.9 Å². The SMILES string of the molecule is COc1cc(N(C)CCN(C)C)c(N)cc1Nc1ncnc(N2CC(C)(C)c3nc(-c4ccc(F)cc4)ccc32)n1. The van der Waals surface area contributed by atoms with Gasteiger partial charge in [-0.2, -0.15) is 4.98 Å². The van der Waals surface area contributed by atoms with E-state index in [4.69, 9.17) is 20.4 Å². The average molecular weight is 558 g/mol. The second-order valence-corrected chi connectivity index (χ2v) is 11.1. The Balaban J connectivity index is 1.41. The second-order valence-electron chi connectivity index (χ2n) is 11.1. The normalized spacial score (nSPS) is 13.8. The third kappa shape index (κ3) is 5.85. The maximum absolute atomic E-state index is 13.5. The van der Waals surface area contributed by atoms with E-state index in [-0.39, 0.29) is 11.2 Å². The number of nitrogens with one attached hydrogen (secondary N) is 1. The molecule has 3 heterocycles. The molecule has 0 amide bonds. The molecule has 2 aromatic carbocycles. The van der Waals surface area contributed by atoms with Gasteiger partial charge < -0.3 is 30.5 Å². The van der Waals surface area contributed by atoms with Crippen LogP contribution in [0, 0.1) is 5.82 Å². The van der Waals surface area contributed by atoms with Crippen molar-refractivity contribution in [2.75, 3.05) is 68.7 Å². The van der Waals surface area contributed by atoms with Gasteiger partial charge in [0.1, 0.15) is 17.9 Å². The molecular weight excluding hydrogens is 521 g/mol. The number of methoxy groups -OCH3 is 1. The number of rotatable bonds is 9. The van der Waals surface area contributed by atoms with E-state index < -0.39 is 0 Å². The van der Waals surface area contributed by atoms with Gasteiger partial charge in [0.15, 0.2) is 0 Å². The van der Waals surface area contributed by atoms with Crippen LogP contribution in [0.15, 0.2) is 54.9 Å². The van der Waals surface area contributed by atoms with E-state index in [9.17, 15) is 4.39 Å². The van der Waals surface area contributed by atoms with Gasteiger partial charge in [0.2, 0.25) is 11.9 Å².